The Labute approximate surface area is 142 Å². The number of carbonyl (C=O) groups excluding carboxylic acids is 1. The van der Waals surface area contributed by atoms with Crippen molar-refractivity contribution in [2.45, 2.75) is 44.6 Å². The van der Waals surface area contributed by atoms with Crippen LogP contribution in [0.4, 0.5) is 4.39 Å². The van der Waals surface area contributed by atoms with Gasteiger partial charge in [0.1, 0.15) is 5.82 Å². The molecule has 1 fully saturated rings. The third-order valence-corrected chi connectivity index (χ3v) is 4.29. The van der Waals surface area contributed by atoms with Crippen LogP contribution in [-0.4, -0.2) is 25.0 Å². The van der Waals surface area contributed by atoms with Gasteiger partial charge in [0.25, 0.3) is 0 Å². The lowest BCUT2D eigenvalue weighted by Crippen LogP contribution is -2.39. The standard InChI is InChI=1S/C16H22ClFN2O.ClH/c1-16(2,13-6-5-11(18)8-14(13)17)10-20-15(21)9-12-4-3-7-19-12;/h5-6,8,12,19H,3-4,7,9-10H2,1-2H3,(H,20,21);1H. The smallest absolute Gasteiger partial charge is 0.221 e. The molecule has 1 aromatic rings. The molecule has 3 nitrogen and oxygen atoms in total. The Kier molecular flexibility index (Phi) is 7.10. The summed E-state index contributed by atoms with van der Waals surface area (Å²) in [4.78, 5) is 12.0. The number of benzene rings is 1. The van der Waals surface area contributed by atoms with E-state index >= 15 is 0 Å². The summed E-state index contributed by atoms with van der Waals surface area (Å²) >= 11 is 6.10. The van der Waals surface area contributed by atoms with Crippen molar-refractivity contribution in [1.29, 1.82) is 0 Å². The van der Waals surface area contributed by atoms with E-state index in [9.17, 15) is 9.18 Å². The molecule has 2 N–H and O–H groups in total. The summed E-state index contributed by atoms with van der Waals surface area (Å²) in [6.07, 6.45) is 2.70. The van der Waals surface area contributed by atoms with Gasteiger partial charge >= 0.3 is 0 Å². The molecule has 1 unspecified atom stereocenters. The van der Waals surface area contributed by atoms with Crippen LogP contribution in [0.1, 0.15) is 38.7 Å². The van der Waals surface area contributed by atoms with E-state index in [1.165, 1.54) is 12.1 Å². The van der Waals surface area contributed by atoms with Crippen LogP contribution in [0.2, 0.25) is 5.02 Å². The maximum absolute atomic E-state index is 13.1. The first-order chi connectivity index (χ1) is 9.88. The van der Waals surface area contributed by atoms with Gasteiger partial charge in [-0.05, 0) is 37.1 Å². The maximum atomic E-state index is 13.1. The highest BCUT2D eigenvalue weighted by molar-refractivity contribution is 6.31. The van der Waals surface area contributed by atoms with E-state index in [1.807, 2.05) is 13.8 Å². The van der Waals surface area contributed by atoms with Gasteiger partial charge in [0.15, 0.2) is 0 Å². The van der Waals surface area contributed by atoms with Gasteiger partial charge in [0.05, 0.1) is 0 Å². The fourth-order valence-electron chi connectivity index (χ4n) is 2.68. The van der Waals surface area contributed by atoms with Crippen LogP contribution in [-0.2, 0) is 10.2 Å². The van der Waals surface area contributed by atoms with Crippen LogP contribution in [0.3, 0.4) is 0 Å². The van der Waals surface area contributed by atoms with Gasteiger partial charge < -0.3 is 10.6 Å². The van der Waals surface area contributed by atoms with Gasteiger partial charge in [0, 0.05) is 29.4 Å². The van der Waals surface area contributed by atoms with E-state index in [4.69, 9.17) is 11.6 Å². The summed E-state index contributed by atoms with van der Waals surface area (Å²) < 4.78 is 13.1. The van der Waals surface area contributed by atoms with E-state index in [-0.39, 0.29) is 29.5 Å². The van der Waals surface area contributed by atoms with Gasteiger partial charge in [-0.3, -0.25) is 4.79 Å². The fraction of sp³-hybridized carbons (Fsp3) is 0.562. The third-order valence-electron chi connectivity index (χ3n) is 3.98. The molecule has 124 valence electrons. The number of carbonyl (C=O) groups is 1. The Morgan fingerprint density at radius 2 is 2.23 bits per heavy atom. The van der Waals surface area contributed by atoms with Gasteiger partial charge in [-0.2, -0.15) is 0 Å². The summed E-state index contributed by atoms with van der Waals surface area (Å²) in [6.45, 7) is 5.44. The van der Waals surface area contributed by atoms with Crippen LogP contribution in [0.15, 0.2) is 18.2 Å². The first kappa shape index (κ1) is 19.2. The SMILES string of the molecule is CC(C)(CNC(=O)CC1CCCN1)c1ccc(F)cc1Cl.Cl. The lowest BCUT2D eigenvalue weighted by molar-refractivity contribution is -0.121. The summed E-state index contributed by atoms with van der Waals surface area (Å²) in [5.74, 6) is -0.309. The average molecular weight is 349 g/mol. The molecular formula is C16H23Cl2FN2O. The van der Waals surface area contributed by atoms with Crippen LogP contribution >= 0.6 is 24.0 Å². The minimum atomic E-state index is -0.351. The zero-order chi connectivity index (χ0) is 15.5. The highest BCUT2D eigenvalue weighted by Crippen LogP contribution is 2.30. The highest BCUT2D eigenvalue weighted by Gasteiger charge is 2.25. The second-order valence-electron chi connectivity index (χ2n) is 6.28. The Hall–Kier alpha value is -0.840. The Balaban J connectivity index is 0.00000242. The monoisotopic (exact) mass is 348 g/mol. The number of hydrogen-bond acceptors (Lipinski definition) is 2. The van der Waals surface area contributed by atoms with Crippen LogP contribution in [0.5, 0.6) is 0 Å². The van der Waals surface area contributed by atoms with Crippen molar-refractivity contribution < 1.29 is 9.18 Å². The summed E-state index contributed by atoms with van der Waals surface area (Å²) in [5.41, 5.74) is 0.494. The molecule has 1 aromatic carbocycles. The van der Waals surface area contributed by atoms with Gasteiger partial charge in [-0.25, -0.2) is 4.39 Å². The maximum Gasteiger partial charge on any atom is 0.221 e. The molecule has 0 spiro atoms. The molecule has 22 heavy (non-hydrogen) atoms. The van der Waals surface area contributed by atoms with Crippen molar-refractivity contribution in [2.24, 2.45) is 0 Å². The Bertz CT molecular complexity index is 517. The summed E-state index contributed by atoms with van der Waals surface area (Å²) in [7, 11) is 0. The molecule has 1 saturated heterocycles. The normalized spacial score (nSPS) is 17.9. The minimum Gasteiger partial charge on any atom is -0.355 e. The zero-order valence-corrected chi connectivity index (χ0v) is 14.5. The van der Waals surface area contributed by atoms with Crippen molar-refractivity contribution in [2.75, 3.05) is 13.1 Å². The molecule has 0 bridgehead atoms. The molecule has 0 aromatic heterocycles. The summed E-state index contributed by atoms with van der Waals surface area (Å²) in [5, 5.41) is 6.66. The average Bonchev–Trinajstić information content (AvgIpc) is 2.89. The highest BCUT2D eigenvalue weighted by atomic mass is 35.5. The zero-order valence-electron chi connectivity index (χ0n) is 12.9. The van der Waals surface area contributed by atoms with Crippen LogP contribution < -0.4 is 10.6 Å². The molecule has 1 aliphatic heterocycles. The Morgan fingerprint density at radius 3 is 2.82 bits per heavy atom. The van der Waals surface area contributed by atoms with E-state index in [1.54, 1.807) is 6.07 Å². The molecule has 1 heterocycles. The number of nitrogens with one attached hydrogen (secondary N) is 2. The van der Waals surface area contributed by atoms with Crippen molar-refractivity contribution in [3.05, 3.63) is 34.6 Å². The Morgan fingerprint density at radius 1 is 1.50 bits per heavy atom. The van der Waals surface area contributed by atoms with E-state index in [0.29, 0.717) is 24.0 Å². The lowest BCUT2D eigenvalue weighted by atomic mass is 9.84. The molecule has 1 aliphatic rings. The minimum absolute atomic E-state index is 0. The first-order valence-corrected chi connectivity index (χ1v) is 7.72. The van der Waals surface area contributed by atoms with Crippen molar-refractivity contribution >= 4 is 29.9 Å². The number of halogens is 3. The van der Waals surface area contributed by atoms with Gasteiger partial charge in [-0.15, -0.1) is 12.4 Å². The fourth-order valence-corrected chi connectivity index (χ4v) is 3.10. The van der Waals surface area contributed by atoms with Crippen LogP contribution in [0.25, 0.3) is 0 Å². The predicted molar refractivity (Wildman–Crippen MR) is 90.3 cm³/mol. The van der Waals surface area contributed by atoms with E-state index in [0.717, 1.165) is 24.9 Å². The van der Waals surface area contributed by atoms with Crippen molar-refractivity contribution in [3.63, 3.8) is 0 Å². The largest absolute Gasteiger partial charge is 0.355 e. The molecular weight excluding hydrogens is 326 g/mol. The molecule has 6 heteroatoms. The third kappa shape index (κ3) is 5.11. The molecule has 2 rings (SSSR count). The predicted octanol–water partition coefficient (Wildman–Crippen LogP) is 3.44. The second-order valence-corrected chi connectivity index (χ2v) is 6.69. The van der Waals surface area contributed by atoms with E-state index < -0.39 is 0 Å². The summed E-state index contributed by atoms with van der Waals surface area (Å²) in [6, 6.07) is 4.68. The number of rotatable bonds is 5. The van der Waals surface area contributed by atoms with Gasteiger partial charge in [-0.1, -0.05) is 31.5 Å². The second kappa shape index (κ2) is 8.14. The van der Waals surface area contributed by atoms with E-state index in [2.05, 4.69) is 10.6 Å². The number of amides is 1. The molecule has 1 amide bonds. The van der Waals surface area contributed by atoms with Crippen molar-refractivity contribution in [1.82, 2.24) is 10.6 Å². The van der Waals surface area contributed by atoms with Crippen LogP contribution in [0, 0.1) is 5.82 Å². The molecule has 0 aliphatic carbocycles. The van der Waals surface area contributed by atoms with Crippen molar-refractivity contribution in [3.8, 4) is 0 Å². The molecule has 0 radical (unpaired) electrons. The first-order valence-electron chi connectivity index (χ1n) is 7.34. The quantitative estimate of drug-likeness (QED) is 0.855. The number of hydrogen-bond donors (Lipinski definition) is 2. The molecule has 0 saturated carbocycles. The van der Waals surface area contributed by atoms with Gasteiger partial charge in [0.2, 0.25) is 5.91 Å². The molecule has 1 atom stereocenters. The topological polar surface area (TPSA) is 41.1 Å². The lowest BCUT2D eigenvalue weighted by Gasteiger charge is -2.27.